The molecule has 96 heavy (non-hydrogen) atoms. The summed E-state index contributed by atoms with van der Waals surface area (Å²) in [4.78, 5) is 0. The second kappa shape index (κ2) is 35.1. The van der Waals surface area contributed by atoms with Crippen LogP contribution in [0.2, 0.25) is 0 Å². The van der Waals surface area contributed by atoms with Gasteiger partial charge in [-0.2, -0.15) is 0 Å². The summed E-state index contributed by atoms with van der Waals surface area (Å²) in [5.74, 6) is 0. The van der Waals surface area contributed by atoms with Gasteiger partial charge in [0, 0.05) is 0 Å². The van der Waals surface area contributed by atoms with Gasteiger partial charge in [0.2, 0.25) is 0 Å². The molecule has 9 aromatic rings. The Labute approximate surface area is 562 Å². The van der Waals surface area contributed by atoms with E-state index >= 15 is 0 Å². The zero-order valence-electron chi connectivity index (χ0n) is 53.8. The summed E-state index contributed by atoms with van der Waals surface area (Å²) in [7, 11) is 0. The van der Waals surface area contributed by atoms with Crippen LogP contribution in [0, 0.1) is 0 Å². The Morgan fingerprint density at radius 3 is 0.865 bits per heavy atom. The van der Waals surface area contributed by atoms with Gasteiger partial charge in [-0.15, -0.1) is 0 Å². The molecule has 2 bridgehead atoms. The average molecular weight is 1300 g/mol. The van der Waals surface area contributed by atoms with E-state index < -0.39 is 92.1 Å². The van der Waals surface area contributed by atoms with Crippen molar-refractivity contribution in [3.8, 4) is 0 Å². The Bertz CT molecular complexity index is 3610. The molecule has 0 aromatic heterocycles. The molecule has 4 aliphatic rings. The Hall–Kier alpha value is -7.62. The number of fused-ring (bicyclic) bond motifs is 2. The van der Waals surface area contributed by atoms with Crippen molar-refractivity contribution in [2.24, 2.45) is 0 Å². The first-order valence-electron chi connectivity index (χ1n) is 33.3. The standard InChI is InChI=1S/C81H84O15/c1-10-28-58(29-11-1)46-82-55-67-70(83-47-59-30-12-2-13-31-59)73(85-49-61-34-16-4-17-35-61)76(88-52-64-40-22-7-23-41-64)79(93-67)91-56-68-71(84-48-60-32-14-3-15-33-60)74(86-50-62-36-18-5-19-37-62)78(90-54-66-44-26-9-27-45-66)81(95-68)96-72-69-57-92-80(94-69)77(89-53-65-42-24-8-25-43-65)75(72)87-51-63-38-20-6-21-39-63/h1-45,67-81H,46-57H2/t67-,68-,69-,70-,71+,72-,73+,74+,75+,76-,77-,78-,79-,80-,81-/m1/s1. The molecule has 0 spiro atoms. The summed E-state index contributed by atoms with van der Waals surface area (Å²) in [5.41, 5.74) is 8.69. The van der Waals surface area contributed by atoms with E-state index in [-0.39, 0.29) is 72.7 Å². The SMILES string of the molecule is c1ccc(COC[C@H]2O[C@@H](OC[C@H]3O[C@H](O[C@H]4[C@H](OCc5ccccc5)[C@@H](OCc5ccccc5)[C@@H]5OC[C@H]4O5)[C@H](OCc4ccccc4)[C@@H](OCc4ccccc4)[C@H]3OCc3ccccc3)[C@H](OCc3ccccc3)[C@@H](OCc3ccccc3)[C@@H]2OCc2ccccc2)cc1. The van der Waals surface area contributed by atoms with Gasteiger partial charge in [0.1, 0.15) is 73.2 Å². The van der Waals surface area contributed by atoms with Gasteiger partial charge in [0.15, 0.2) is 18.9 Å². The molecule has 0 amide bonds. The molecule has 0 saturated carbocycles. The van der Waals surface area contributed by atoms with Crippen LogP contribution in [0.3, 0.4) is 0 Å². The highest BCUT2D eigenvalue weighted by molar-refractivity contribution is 5.21. The predicted molar refractivity (Wildman–Crippen MR) is 359 cm³/mol. The number of ether oxygens (including phenoxy) is 15. The maximum absolute atomic E-state index is 7.58. The topological polar surface area (TPSA) is 138 Å². The van der Waals surface area contributed by atoms with E-state index in [0.29, 0.717) is 6.61 Å². The van der Waals surface area contributed by atoms with Crippen molar-refractivity contribution in [2.45, 2.75) is 152 Å². The third-order valence-electron chi connectivity index (χ3n) is 17.6. The van der Waals surface area contributed by atoms with Crippen LogP contribution >= 0.6 is 0 Å². The quantitative estimate of drug-likeness (QED) is 0.0385. The molecule has 498 valence electrons. The van der Waals surface area contributed by atoms with Gasteiger partial charge in [-0.3, -0.25) is 0 Å². The van der Waals surface area contributed by atoms with E-state index in [0.717, 1.165) is 50.1 Å². The van der Waals surface area contributed by atoms with Crippen LogP contribution in [-0.2, 0) is 131 Å². The molecule has 0 N–H and O–H groups in total. The number of benzene rings is 9. The molecule has 4 heterocycles. The minimum Gasteiger partial charge on any atom is -0.374 e. The molecule has 15 atom stereocenters. The Morgan fingerprint density at radius 2 is 0.510 bits per heavy atom. The second-order valence-electron chi connectivity index (χ2n) is 24.5. The van der Waals surface area contributed by atoms with Gasteiger partial charge in [-0.25, -0.2) is 0 Å². The van der Waals surface area contributed by atoms with Crippen molar-refractivity contribution >= 4 is 0 Å². The van der Waals surface area contributed by atoms with Gasteiger partial charge < -0.3 is 71.1 Å². The van der Waals surface area contributed by atoms with Crippen molar-refractivity contribution in [2.75, 3.05) is 19.8 Å². The highest BCUT2D eigenvalue weighted by Crippen LogP contribution is 2.40. The smallest absolute Gasteiger partial charge is 0.187 e. The van der Waals surface area contributed by atoms with E-state index in [1.165, 1.54) is 0 Å². The van der Waals surface area contributed by atoms with E-state index in [1.807, 2.05) is 273 Å². The minimum absolute atomic E-state index is 0.123. The Morgan fingerprint density at radius 1 is 0.240 bits per heavy atom. The van der Waals surface area contributed by atoms with Gasteiger partial charge in [-0.05, 0) is 50.1 Å². The summed E-state index contributed by atoms with van der Waals surface area (Å²) in [5, 5.41) is 0. The molecule has 15 nitrogen and oxygen atoms in total. The van der Waals surface area contributed by atoms with Crippen LogP contribution in [-0.4, -0.2) is 112 Å². The summed E-state index contributed by atoms with van der Waals surface area (Å²) < 4.78 is 107. The molecular formula is C81H84O15. The van der Waals surface area contributed by atoms with Gasteiger partial charge in [0.25, 0.3) is 0 Å². The minimum atomic E-state index is -1.18. The monoisotopic (exact) mass is 1300 g/mol. The van der Waals surface area contributed by atoms with Crippen molar-refractivity contribution in [3.63, 3.8) is 0 Å². The van der Waals surface area contributed by atoms with Crippen molar-refractivity contribution in [1.82, 2.24) is 0 Å². The van der Waals surface area contributed by atoms with E-state index in [9.17, 15) is 0 Å². The summed E-state index contributed by atoms with van der Waals surface area (Å²) in [6.45, 7) is 2.33. The molecule has 0 aliphatic carbocycles. The molecule has 4 fully saturated rings. The normalized spacial score (nSPS) is 26.3. The molecular weight excluding hydrogens is 1210 g/mol. The highest BCUT2D eigenvalue weighted by atomic mass is 16.8. The van der Waals surface area contributed by atoms with Gasteiger partial charge in [-0.1, -0.05) is 273 Å². The fraction of sp³-hybridized carbons (Fsp3) is 0.333. The number of hydrogen-bond acceptors (Lipinski definition) is 15. The maximum Gasteiger partial charge on any atom is 0.187 e. The molecule has 4 saturated heterocycles. The third-order valence-corrected chi connectivity index (χ3v) is 17.6. The zero-order chi connectivity index (χ0) is 64.8. The molecule has 4 aliphatic heterocycles. The lowest BCUT2D eigenvalue weighted by Crippen LogP contribution is -2.65. The molecule has 0 unspecified atom stereocenters. The van der Waals surface area contributed by atoms with E-state index in [1.54, 1.807) is 0 Å². The Balaban J connectivity index is 0.884. The maximum atomic E-state index is 7.58. The Kier molecular flexibility index (Phi) is 24.5. The molecule has 13 rings (SSSR count). The summed E-state index contributed by atoms with van der Waals surface area (Å²) in [6.07, 6.45) is -12.7. The van der Waals surface area contributed by atoms with Crippen LogP contribution in [0.1, 0.15) is 50.1 Å². The summed E-state index contributed by atoms with van der Waals surface area (Å²) in [6, 6.07) is 90.5. The van der Waals surface area contributed by atoms with Crippen LogP contribution in [0.4, 0.5) is 0 Å². The molecule has 15 heteroatoms. The third kappa shape index (κ3) is 18.5. The molecule has 9 aromatic carbocycles. The van der Waals surface area contributed by atoms with Crippen LogP contribution in [0.5, 0.6) is 0 Å². The lowest BCUT2D eigenvalue weighted by Gasteiger charge is -2.49. The van der Waals surface area contributed by atoms with Crippen LogP contribution in [0.25, 0.3) is 0 Å². The first-order chi connectivity index (χ1) is 47.6. The fourth-order valence-electron chi connectivity index (χ4n) is 12.6. The summed E-state index contributed by atoms with van der Waals surface area (Å²) >= 11 is 0. The lowest BCUT2D eigenvalue weighted by atomic mass is 9.96. The average Bonchev–Trinajstić information content (AvgIpc) is 1.44. The van der Waals surface area contributed by atoms with Crippen LogP contribution in [0.15, 0.2) is 273 Å². The van der Waals surface area contributed by atoms with Crippen molar-refractivity contribution < 1.29 is 71.1 Å². The molecule has 0 radical (unpaired) electrons. The fourth-order valence-corrected chi connectivity index (χ4v) is 12.6. The lowest BCUT2D eigenvalue weighted by molar-refractivity contribution is -0.369. The van der Waals surface area contributed by atoms with Crippen molar-refractivity contribution in [1.29, 1.82) is 0 Å². The van der Waals surface area contributed by atoms with Crippen molar-refractivity contribution in [3.05, 3.63) is 323 Å². The van der Waals surface area contributed by atoms with Gasteiger partial charge in [0.05, 0.1) is 79.3 Å². The highest BCUT2D eigenvalue weighted by Gasteiger charge is 2.57. The van der Waals surface area contributed by atoms with Crippen LogP contribution < -0.4 is 0 Å². The van der Waals surface area contributed by atoms with E-state index in [4.69, 9.17) is 71.1 Å². The predicted octanol–water partition coefficient (Wildman–Crippen LogP) is 13.5. The first-order valence-corrected chi connectivity index (χ1v) is 33.3. The second-order valence-corrected chi connectivity index (χ2v) is 24.5. The first kappa shape index (κ1) is 67.0. The number of hydrogen-bond donors (Lipinski definition) is 0. The van der Waals surface area contributed by atoms with Gasteiger partial charge >= 0.3 is 0 Å². The zero-order valence-corrected chi connectivity index (χ0v) is 53.8. The number of rotatable bonds is 33. The largest absolute Gasteiger partial charge is 0.374 e. The van der Waals surface area contributed by atoms with E-state index in [2.05, 4.69) is 0 Å².